The molecular weight excluding hydrogens is 502 g/mol. The zero-order chi connectivity index (χ0) is 27.7. The molecule has 3 rings (SSSR count). The van der Waals surface area contributed by atoms with Crippen LogP contribution in [-0.4, -0.2) is 97.1 Å². The molecule has 0 spiro atoms. The summed E-state index contributed by atoms with van der Waals surface area (Å²) in [6.07, 6.45) is 0.453. The molecule has 1 aromatic rings. The van der Waals surface area contributed by atoms with Crippen molar-refractivity contribution in [1.29, 1.82) is 5.26 Å². The van der Waals surface area contributed by atoms with Gasteiger partial charge in [0, 0.05) is 74.4 Å². The van der Waals surface area contributed by atoms with Gasteiger partial charge < -0.3 is 30.7 Å². The zero-order valence-electron chi connectivity index (χ0n) is 22.7. The van der Waals surface area contributed by atoms with Crippen molar-refractivity contribution < 1.29 is 18.7 Å². The summed E-state index contributed by atoms with van der Waals surface area (Å²) in [7, 11) is 2.11. The molecule has 11 heteroatoms. The van der Waals surface area contributed by atoms with E-state index in [1.165, 1.54) is 16.7 Å². The van der Waals surface area contributed by atoms with E-state index in [1.807, 2.05) is 51.1 Å². The van der Waals surface area contributed by atoms with E-state index in [4.69, 9.17) is 0 Å². The first-order chi connectivity index (χ1) is 18.2. The molecule has 1 aromatic carbocycles. The predicted molar refractivity (Wildman–Crippen MR) is 158 cm³/mol. The summed E-state index contributed by atoms with van der Waals surface area (Å²) in [4.78, 5) is 44.0. The van der Waals surface area contributed by atoms with Crippen molar-refractivity contribution in [3.8, 4) is 6.07 Å². The van der Waals surface area contributed by atoms with Crippen molar-refractivity contribution in [3.63, 3.8) is 0 Å². The Hall–Kier alpha value is -3.07. The maximum Gasteiger partial charge on any atom is 0.264 e. The molecule has 0 aliphatic carbocycles. The normalized spacial score (nSPS) is 19.8. The van der Waals surface area contributed by atoms with Crippen LogP contribution < -0.4 is 16.0 Å². The molecule has 38 heavy (non-hydrogen) atoms. The third kappa shape index (κ3) is 8.21. The number of benzene rings is 1. The highest BCUT2D eigenvalue weighted by Crippen LogP contribution is 2.37. The van der Waals surface area contributed by atoms with Gasteiger partial charge in [-0.2, -0.15) is 5.26 Å². The van der Waals surface area contributed by atoms with E-state index in [-0.39, 0.29) is 27.6 Å². The topological polar surface area (TPSA) is 121 Å². The van der Waals surface area contributed by atoms with Crippen molar-refractivity contribution in [2.45, 2.75) is 32.4 Å². The lowest BCUT2D eigenvalue weighted by molar-refractivity contribution is -0.127. The fourth-order valence-corrected chi connectivity index (χ4v) is 5.43. The van der Waals surface area contributed by atoms with Crippen LogP contribution >= 0.6 is 11.8 Å². The Morgan fingerprint density at radius 1 is 1.16 bits per heavy atom. The van der Waals surface area contributed by atoms with E-state index in [1.54, 1.807) is 0 Å². The van der Waals surface area contributed by atoms with Gasteiger partial charge in [0.1, 0.15) is 21.9 Å². The molecular formula is C27H45N7O3S. The van der Waals surface area contributed by atoms with Gasteiger partial charge in [-0.15, -0.1) is 0 Å². The Kier molecular flexibility index (Phi) is 11.0. The van der Waals surface area contributed by atoms with Gasteiger partial charge in [-0.25, -0.2) is 0 Å². The van der Waals surface area contributed by atoms with E-state index in [2.05, 4.69) is 32.8 Å². The summed E-state index contributed by atoms with van der Waals surface area (Å²) >= 11 is 1.24. The molecule has 2 aliphatic rings. The van der Waals surface area contributed by atoms with Gasteiger partial charge in [-0.1, -0.05) is 25.6 Å². The van der Waals surface area contributed by atoms with Gasteiger partial charge in [0.05, 0.1) is 0 Å². The molecule has 2 saturated heterocycles. The minimum absolute atomic E-state index is 0. The van der Waals surface area contributed by atoms with Gasteiger partial charge >= 0.3 is 0 Å². The monoisotopic (exact) mass is 547 g/mol. The molecule has 2 aliphatic heterocycles. The quantitative estimate of drug-likeness (QED) is 0.286. The number of likely N-dealkylation sites (N-methyl/N-ethyl adjacent to an activating group) is 1. The molecule has 1 unspecified atom stereocenters. The van der Waals surface area contributed by atoms with Crippen LogP contribution in [-0.2, 0) is 14.4 Å². The fourth-order valence-electron chi connectivity index (χ4n) is 4.16. The summed E-state index contributed by atoms with van der Waals surface area (Å²) in [5.74, 6) is -0.344. The smallest absolute Gasteiger partial charge is 0.264 e. The first-order valence-corrected chi connectivity index (χ1v) is 14.0. The number of thioether (sulfide) groups is 1. The molecule has 0 bridgehead atoms. The molecule has 3 amide bonds. The number of nitrogens with one attached hydrogen (secondary N) is 3. The zero-order valence-corrected chi connectivity index (χ0v) is 23.6. The maximum absolute atomic E-state index is 13.0. The summed E-state index contributed by atoms with van der Waals surface area (Å²) in [6.45, 7) is 11.7. The lowest BCUT2D eigenvalue weighted by Crippen LogP contribution is -2.45. The van der Waals surface area contributed by atoms with Crippen LogP contribution in [0.5, 0.6) is 0 Å². The number of nitrogens with zero attached hydrogens (tertiary/aromatic N) is 4. The Labute approximate surface area is 234 Å². The minimum atomic E-state index is -0.458. The lowest BCUT2D eigenvalue weighted by atomic mass is 10.2. The molecule has 212 valence electrons. The Bertz CT molecular complexity index is 1070. The second-order valence-electron chi connectivity index (χ2n) is 9.99. The van der Waals surface area contributed by atoms with Gasteiger partial charge in [0.25, 0.3) is 5.91 Å². The molecule has 10 nitrogen and oxygen atoms in total. The standard InChI is InChI=1S/C27H39N7O3S.3H2/c1-5-34-26(37)23(38-27(34)22(16-28)25(36)30-17-19(2)3)18-29-20-6-8-21(9-7-20)31-24(35)10-11-33-14-12-32(4)13-15-33;;;/h6-9,19,23,29H,5,10-15,17-18H2,1-4H3,(H,30,36)(H,31,35);3*1H/b27-22-;;;. The number of carbonyl (C=O) groups excluding carboxylic acids is 3. The molecule has 0 radical (unpaired) electrons. The molecule has 0 saturated carbocycles. The minimum Gasteiger partial charge on any atom is -0.383 e. The fraction of sp³-hybridized carbons (Fsp3) is 0.556. The summed E-state index contributed by atoms with van der Waals surface area (Å²) in [5.41, 5.74) is 1.50. The lowest BCUT2D eigenvalue weighted by Gasteiger charge is -2.32. The molecule has 2 fully saturated rings. The number of hydrogen-bond donors (Lipinski definition) is 3. The number of amides is 3. The molecule has 1 atom stereocenters. The number of carbonyl (C=O) groups is 3. The van der Waals surface area contributed by atoms with Gasteiger partial charge in [0.2, 0.25) is 11.8 Å². The van der Waals surface area contributed by atoms with Crippen LogP contribution in [0.25, 0.3) is 0 Å². The predicted octanol–water partition coefficient (Wildman–Crippen LogP) is 2.88. The average Bonchev–Trinajstić information content (AvgIpc) is 3.21. The van der Waals surface area contributed by atoms with Crippen LogP contribution in [0.15, 0.2) is 34.9 Å². The van der Waals surface area contributed by atoms with Crippen molar-refractivity contribution >= 4 is 40.9 Å². The largest absolute Gasteiger partial charge is 0.383 e. The van der Waals surface area contributed by atoms with E-state index < -0.39 is 11.2 Å². The third-order valence-electron chi connectivity index (χ3n) is 6.49. The van der Waals surface area contributed by atoms with Crippen LogP contribution in [0.4, 0.5) is 11.4 Å². The maximum atomic E-state index is 13.0. The van der Waals surface area contributed by atoms with Crippen molar-refractivity contribution in [1.82, 2.24) is 20.0 Å². The van der Waals surface area contributed by atoms with Gasteiger partial charge in [-0.05, 0) is 44.2 Å². The van der Waals surface area contributed by atoms with Crippen molar-refractivity contribution in [2.24, 2.45) is 5.92 Å². The van der Waals surface area contributed by atoms with Crippen LogP contribution in [0.2, 0.25) is 0 Å². The van der Waals surface area contributed by atoms with E-state index >= 15 is 0 Å². The van der Waals surface area contributed by atoms with Crippen molar-refractivity contribution in [2.75, 3.05) is 70.0 Å². The summed E-state index contributed by atoms with van der Waals surface area (Å²) in [5, 5.41) is 18.6. The number of nitriles is 1. The Morgan fingerprint density at radius 2 is 1.82 bits per heavy atom. The second kappa shape index (κ2) is 14.2. The van der Waals surface area contributed by atoms with Crippen LogP contribution in [0, 0.1) is 17.2 Å². The van der Waals surface area contributed by atoms with Gasteiger partial charge in [-0.3, -0.25) is 14.4 Å². The Morgan fingerprint density at radius 3 is 2.42 bits per heavy atom. The van der Waals surface area contributed by atoms with Gasteiger partial charge in [0.15, 0.2) is 0 Å². The SMILES string of the molecule is CCN1C(=O)C(CNc2ccc(NC(=O)CCN3CCN(C)CC3)cc2)S/C1=C(/C#N)C(=O)NCC(C)C.[HH].[HH].[HH]. The number of anilines is 2. The third-order valence-corrected chi connectivity index (χ3v) is 7.79. The Balaban J connectivity index is 0.00000533. The highest BCUT2D eigenvalue weighted by molar-refractivity contribution is 8.04. The van der Waals surface area contributed by atoms with E-state index in [0.29, 0.717) is 31.1 Å². The highest BCUT2D eigenvalue weighted by atomic mass is 32.2. The van der Waals surface area contributed by atoms with Crippen molar-refractivity contribution in [3.05, 3.63) is 34.9 Å². The van der Waals surface area contributed by atoms with E-state index in [9.17, 15) is 19.6 Å². The number of rotatable bonds is 11. The second-order valence-corrected chi connectivity index (χ2v) is 11.2. The summed E-state index contributed by atoms with van der Waals surface area (Å²) in [6, 6.07) is 9.36. The molecule has 2 heterocycles. The number of hydrogen-bond acceptors (Lipinski definition) is 8. The first-order valence-electron chi connectivity index (χ1n) is 13.2. The number of piperazine rings is 1. The summed E-state index contributed by atoms with van der Waals surface area (Å²) < 4.78 is 0. The van der Waals surface area contributed by atoms with Crippen LogP contribution in [0.3, 0.4) is 0 Å². The van der Waals surface area contributed by atoms with Crippen LogP contribution in [0.1, 0.15) is 31.5 Å². The molecule has 0 aromatic heterocycles. The first kappa shape index (κ1) is 29.5. The van der Waals surface area contributed by atoms with E-state index in [0.717, 1.165) is 44.1 Å². The molecule has 3 N–H and O–H groups in total. The average molecular weight is 548 g/mol. The highest BCUT2D eigenvalue weighted by Gasteiger charge is 2.38.